The molecule has 0 aliphatic rings. The van der Waals surface area contributed by atoms with Crippen LogP contribution < -0.4 is 9.64 Å². The Morgan fingerprint density at radius 1 is 1.25 bits per heavy atom. The largest absolute Gasteiger partial charge is 0.420 e. The number of hydrogen-bond donors (Lipinski definition) is 0. The second kappa shape index (κ2) is 5.79. The molecule has 0 unspecified atom stereocenters. The summed E-state index contributed by atoms with van der Waals surface area (Å²) in [5.41, 5.74) is -0.0668. The summed E-state index contributed by atoms with van der Waals surface area (Å²) < 4.78 is 5.09. The number of rotatable bonds is 3. The Morgan fingerprint density at radius 3 is 2.50 bits per heavy atom. The number of benzene rings is 1. The molecular weight excluding hydrogens is 262 g/mol. The van der Waals surface area contributed by atoms with Crippen molar-refractivity contribution in [1.29, 1.82) is 0 Å². The maximum absolute atomic E-state index is 11.9. The van der Waals surface area contributed by atoms with Crippen molar-refractivity contribution >= 4 is 17.6 Å². The zero-order valence-electron chi connectivity index (χ0n) is 10.6. The zero-order chi connectivity index (χ0) is 14.5. The molecule has 7 nitrogen and oxygen atoms in total. The van der Waals surface area contributed by atoms with Crippen LogP contribution in [0.5, 0.6) is 5.75 Å². The van der Waals surface area contributed by atoms with Crippen molar-refractivity contribution in [2.45, 2.75) is 0 Å². The maximum atomic E-state index is 11.9. The van der Waals surface area contributed by atoms with Gasteiger partial charge in [-0.3, -0.25) is 15.0 Å². The van der Waals surface area contributed by atoms with Gasteiger partial charge in [0, 0.05) is 25.4 Å². The molecule has 0 atom stereocenters. The summed E-state index contributed by atoms with van der Waals surface area (Å²) in [7, 11) is 1.52. The van der Waals surface area contributed by atoms with Crippen molar-refractivity contribution in [2.75, 3.05) is 11.9 Å². The Hall–Kier alpha value is -2.96. The molecule has 7 heteroatoms. The highest BCUT2D eigenvalue weighted by Gasteiger charge is 2.14. The van der Waals surface area contributed by atoms with Crippen LogP contribution in [0.4, 0.5) is 16.3 Å². The molecule has 1 aromatic carbocycles. The third-order valence-electron chi connectivity index (χ3n) is 2.52. The zero-order valence-corrected chi connectivity index (χ0v) is 10.6. The Morgan fingerprint density at radius 2 is 1.95 bits per heavy atom. The monoisotopic (exact) mass is 273 g/mol. The van der Waals surface area contributed by atoms with E-state index in [9.17, 15) is 14.9 Å². The Kier molecular flexibility index (Phi) is 3.90. The first-order valence-corrected chi connectivity index (χ1v) is 5.69. The van der Waals surface area contributed by atoms with Gasteiger partial charge in [-0.15, -0.1) is 0 Å². The van der Waals surface area contributed by atoms with Crippen LogP contribution in [0, 0.1) is 10.1 Å². The molecule has 0 spiro atoms. The van der Waals surface area contributed by atoms with Crippen molar-refractivity contribution in [3.05, 3.63) is 58.8 Å². The molecule has 0 fully saturated rings. The predicted molar refractivity (Wildman–Crippen MR) is 71.8 cm³/mol. The van der Waals surface area contributed by atoms with Gasteiger partial charge in [0.1, 0.15) is 11.6 Å². The molecule has 1 aromatic heterocycles. The molecule has 1 heterocycles. The number of amides is 1. The van der Waals surface area contributed by atoms with E-state index in [2.05, 4.69) is 4.98 Å². The van der Waals surface area contributed by atoms with E-state index in [-0.39, 0.29) is 11.4 Å². The van der Waals surface area contributed by atoms with Crippen molar-refractivity contribution in [2.24, 2.45) is 0 Å². The summed E-state index contributed by atoms with van der Waals surface area (Å²) in [6, 6.07) is 10.4. The fraction of sp³-hybridized carbons (Fsp3) is 0.0769. The van der Waals surface area contributed by atoms with E-state index < -0.39 is 11.0 Å². The van der Waals surface area contributed by atoms with Crippen LogP contribution in [-0.2, 0) is 0 Å². The molecule has 0 bridgehead atoms. The van der Waals surface area contributed by atoms with E-state index in [1.165, 1.54) is 36.2 Å². The van der Waals surface area contributed by atoms with Crippen molar-refractivity contribution < 1.29 is 14.5 Å². The molecule has 2 aromatic rings. The van der Waals surface area contributed by atoms with Crippen LogP contribution in [0.15, 0.2) is 48.7 Å². The number of anilines is 1. The first-order chi connectivity index (χ1) is 9.58. The van der Waals surface area contributed by atoms with Gasteiger partial charge in [-0.2, -0.15) is 0 Å². The number of carbonyl (C=O) groups excluding carboxylic acids is 1. The molecular formula is C13H11N3O4. The van der Waals surface area contributed by atoms with Gasteiger partial charge in [0.05, 0.1) is 4.92 Å². The van der Waals surface area contributed by atoms with Crippen LogP contribution in [0.3, 0.4) is 0 Å². The average Bonchev–Trinajstić information content (AvgIpc) is 2.48. The van der Waals surface area contributed by atoms with E-state index >= 15 is 0 Å². The normalized spacial score (nSPS) is 9.85. The van der Waals surface area contributed by atoms with Gasteiger partial charge in [-0.25, -0.2) is 9.78 Å². The fourth-order valence-electron chi connectivity index (χ4n) is 1.45. The SMILES string of the molecule is CN(C(=O)Oc1ccc([N+](=O)[O-])cc1)c1ccccn1. The molecule has 0 radical (unpaired) electrons. The molecule has 0 saturated carbocycles. The summed E-state index contributed by atoms with van der Waals surface area (Å²) in [6.07, 6.45) is 0.933. The molecule has 0 saturated heterocycles. The van der Waals surface area contributed by atoms with Gasteiger partial charge >= 0.3 is 6.09 Å². The second-order valence-corrected chi connectivity index (χ2v) is 3.87. The lowest BCUT2D eigenvalue weighted by molar-refractivity contribution is -0.384. The number of nitrogens with zero attached hydrogens (tertiary/aromatic N) is 3. The fourth-order valence-corrected chi connectivity index (χ4v) is 1.45. The topological polar surface area (TPSA) is 85.6 Å². The molecule has 0 aliphatic carbocycles. The van der Waals surface area contributed by atoms with Gasteiger partial charge in [-0.05, 0) is 24.3 Å². The van der Waals surface area contributed by atoms with Gasteiger partial charge in [0.25, 0.3) is 5.69 Å². The standard InChI is InChI=1S/C13H11N3O4/c1-15(12-4-2-3-9-14-12)13(17)20-11-7-5-10(6-8-11)16(18)19/h2-9H,1H3. The Labute approximate surface area is 114 Å². The number of carbonyl (C=O) groups is 1. The van der Waals surface area contributed by atoms with Gasteiger partial charge in [0.2, 0.25) is 0 Å². The molecule has 0 N–H and O–H groups in total. The lowest BCUT2D eigenvalue weighted by atomic mass is 10.3. The number of hydrogen-bond acceptors (Lipinski definition) is 5. The summed E-state index contributed by atoms with van der Waals surface area (Å²) in [5, 5.41) is 10.5. The quantitative estimate of drug-likeness (QED) is 0.633. The summed E-state index contributed by atoms with van der Waals surface area (Å²) >= 11 is 0. The first kappa shape index (κ1) is 13.5. The van der Waals surface area contributed by atoms with Gasteiger partial charge in [-0.1, -0.05) is 6.07 Å². The van der Waals surface area contributed by atoms with Crippen LogP contribution in [0.2, 0.25) is 0 Å². The predicted octanol–water partition coefficient (Wildman–Crippen LogP) is 2.63. The third-order valence-corrected chi connectivity index (χ3v) is 2.52. The van der Waals surface area contributed by atoms with E-state index in [4.69, 9.17) is 4.74 Å². The highest BCUT2D eigenvalue weighted by molar-refractivity contribution is 5.87. The summed E-state index contributed by atoms with van der Waals surface area (Å²) in [6.45, 7) is 0. The average molecular weight is 273 g/mol. The van der Waals surface area contributed by atoms with Gasteiger partial charge < -0.3 is 4.74 Å². The number of aromatic nitrogens is 1. The van der Waals surface area contributed by atoms with Crippen LogP contribution in [0.25, 0.3) is 0 Å². The molecule has 2 rings (SSSR count). The highest BCUT2D eigenvalue weighted by atomic mass is 16.6. The molecule has 20 heavy (non-hydrogen) atoms. The van der Waals surface area contributed by atoms with E-state index in [1.54, 1.807) is 24.4 Å². The lowest BCUT2D eigenvalue weighted by Gasteiger charge is -2.15. The first-order valence-electron chi connectivity index (χ1n) is 5.69. The van der Waals surface area contributed by atoms with Crippen molar-refractivity contribution in [3.8, 4) is 5.75 Å². The maximum Gasteiger partial charge on any atom is 0.420 e. The minimum absolute atomic E-state index is 0.0668. The molecule has 0 aliphatic heterocycles. The number of pyridine rings is 1. The summed E-state index contributed by atoms with van der Waals surface area (Å²) in [4.78, 5) is 27.1. The molecule has 1 amide bonds. The van der Waals surface area contributed by atoms with Crippen molar-refractivity contribution in [3.63, 3.8) is 0 Å². The lowest BCUT2D eigenvalue weighted by Crippen LogP contribution is -2.30. The number of nitro groups is 1. The number of non-ortho nitro benzene ring substituents is 1. The van der Waals surface area contributed by atoms with E-state index in [1.807, 2.05) is 0 Å². The number of nitro benzene ring substituents is 1. The van der Waals surface area contributed by atoms with E-state index in [0.29, 0.717) is 5.82 Å². The Bertz CT molecular complexity index is 613. The minimum Gasteiger partial charge on any atom is -0.410 e. The van der Waals surface area contributed by atoms with Gasteiger partial charge in [0.15, 0.2) is 0 Å². The second-order valence-electron chi connectivity index (χ2n) is 3.87. The minimum atomic E-state index is -0.627. The van der Waals surface area contributed by atoms with Crippen LogP contribution in [-0.4, -0.2) is 23.0 Å². The Balaban J connectivity index is 2.06. The van der Waals surface area contributed by atoms with Crippen LogP contribution in [0.1, 0.15) is 0 Å². The van der Waals surface area contributed by atoms with E-state index in [0.717, 1.165) is 0 Å². The molecule has 102 valence electrons. The number of ether oxygens (including phenoxy) is 1. The highest BCUT2D eigenvalue weighted by Crippen LogP contribution is 2.18. The van der Waals surface area contributed by atoms with Crippen molar-refractivity contribution in [1.82, 2.24) is 4.98 Å². The third kappa shape index (κ3) is 3.08. The van der Waals surface area contributed by atoms with Crippen LogP contribution >= 0.6 is 0 Å². The summed E-state index contributed by atoms with van der Waals surface area (Å²) in [5.74, 6) is 0.669. The smallest absolute Gasteiger partial charge is 0.410 e.